The van der Waals surface area contributed by atoms with Gasteiger partial charge in [-0.15, -0.1) is 11.3 Å². The van der Waals surface area contributed by atoms with Gasteiger partial charge in [-0.3, -0.25) is 10.1 Å². The molecule has 0 aliphatic carbocycles. The summed E-state index contributed by atoms with van der Waals surface area (Å²) in [4.78, 5) is 10.9. The molecule has 4 nitrogen and oxygen atoms in total. The highest BCUT2D eigenvalue weighted by molar-refractivity contribution is 7.10. The van der Waals surface area contributed by atoms with Crippen LogP contribution in [0.1, 0.15) is 17.8 Å². The summed E-state index contributed by atoms with van der Waals surface area (Å²) in [7, 11) is 0. The van der Waals surface area contributed by atoms with Gasteiger partial charge in [0.25, 0.3) is 0 Å². The average Bonchev–Trinajstić information content (AvgIpc) is 2.81. The highest BCUT2D eigenvalue weighted by Gasteiger charge is 2.14. The topological polar surface area (TPSA) is 55.2 Å². The molecule has 0 fully saturated rings. The van der Waals surface area contributed by atoms with E-state index in [1.165, 1.54) is 12.1 Å². The lowest BCUT2D eigenvalue weighted by atomic mass is 10.2. The van der Waals surface area contributed by atoms with Gasteiger partial charge in [0.15, 0.2) is 0 Å². The number of nitrogens with one attached hydrogen (secondary N) is 1. The number of nitro benzene ring substituents is 1. The second-order valence-electron chi connectivity index (χ2n) is 3.80. The zero-order valence-electron chi connectivity index (χ0n) is 9.59. The Bertz CT molecular complexity index is 557. The van der Waals surface area contributed by atoms with Crippen LogP contribution in [0.2, 0.25) is 0 Å². The van der Waals surface area contributed by atoms with E-state index in [0.29, 0.717) is 5.69 Å². The smallest absolute Gasteiger partial charge is 0.304 e. The van der Waals surface area contributed by atoms with E-state index in [1.807, 2.05) is 24.4 Å². The van der Waals surface area contributed by atoms with Crippen molar-refractivity contribution in [3.8, 4) is 0 Å². The number of rotatable bonds is 4. The van der Waals surface area contributed by atoms with Crippen molar-refractivity contribution in [3.05, 3.63) is 56.5 Å². The quantitative estimate of drug-likeness (QED) is 0.673. The summed E-state index contributed by atoms with van der Waals surface area (Å²) in [5.41, 5.74) is 0.0170. The monoisotopic (exact) mass is 266 g/mol. The SMILES string of the molecule is CC(Nc1ccc([N+](=O)[O-])c(F)c1)c1cccs1. The van der Waals surface area contributed by atoms with Gasteiger partial charge < -0.3 is 5.32 Å². The van der Waals surface area contributed by atoms with Gasteiger partial charge in [0.05, 0.1) is 11.0 Å². The van der Waals surface area contributed by atoms with Gasteiger partial charge in [-0.1, -0.05) is 6.07 Å². The van der Waals surface area contributed by atoms with Crippen molar-refractivity contribution < 1.29 is 9.31 Å². The molecule has 0 amide bonds. The molecule has 2 aromatic rings. The first-order valence-corrected chi connectivity index (χ1v) is 6.20. The summed E-state index contributed by atoms with van der Waals surface area (Å²) >= 11 is 1.60. The van der Waals surface area contributed by atoms with Gasteiger partial charge in [0, 0.05) is 22.7 Å². The largest absolute Gasteiger partial charge is 0.378 e. The molecule has 0 saturated carbocycles. The first-order chi connectivity index (χ1) is 8.58. The number of nitro groups is 1. The van der Waals surface area contributed by atoms with E-state index in [9.17, 15) is 14.5 Å². The van der Waals surface area contributed by atoms with Crippen LogP contribution < -0.4 is 5.32 Å². The van der Waals surface area contributed by atoms with E-state index in [2.05, 4.69) is 5.32 Å². The third-order valence-corrected chi connectivity index (χ3v) is 3.55. The molecule has 1 atom stereocenters. The second kappa shape index (κ2) is 5.14. The first-order valence-electron chi connectivity index (χ1n) is 5.32. The fourth-order valence-corrected chi connectivity index (χ4v) is 2.34. The molecule has 18 heavy (non-hydrogen) atoms. The number of hydrogen-bond donors (Lipinski definition) is 1. The van der Waals surface area contributed by atoms with Crippen LogP contribution in [0.25, 0.3) is 0 Å². The minimum atomic E-state index is -0.830. The summed E-state index contributed by atoms with van der Waals surface area (Å²) in [6, 6.07) is 7.76. The fraction of sp³-hybridized carbons (Fsp3) is 0.167. The second-order valence-corrected chi connectivity index (χ2v) is 4.78. The number of benzene rings is 1. The van der Waals surface area contributed by atoms with Crippen LogP contribution >= 0.6 is 11.3 Å². The van der Waals surface area contributed by atoms with Crippen molar-refractivity contribution in [3.63, 3.8) is 0 Å². The summed E-state index contributed by atoms with van der Waals surface area (Å²) in [6.07, 6.45) is 0. The summed E-state index contributed by atoms with van der Waals surface area (Å²) in [5.74, 6) is -0.830. The molecule has 0 aliphatic rings. The minimum Gasteiger partial charge on any atom is -0.378 e. The molecule has 6 heteroatoms. The van der Waals surface area contributed by atoms with Crippen LogP contribution in [0.4, 0.5) is 15.8 Å². The molecule has 0 radical (unpaired) electrons. The lowest BCUT2D eigenvalue weighted by Gasteiger charge is -2.13. The maximum Gasteiger partial charge on any atom is 0.304 e. The molecule has 0 spiro atoms. The Kier molecular flexibility index (Phi) is 3.57. The van der Waals surface area contributed by atoms with Crippen molar-refractivity contribution in [2.75, 3.05) is 5.32 Å². The fourth-order valence-electron chi connectivity index (χ4n) is 1.60. The summed E-state index contributed by atoms with van der Waals surface area (Å²) in [5, 5.41) is 15.6. The molecule has 1 N–H and O–H groups in total. The third kappa shape index (κ3) is 2.65. The van der Waals surface area contributed by atoms with Gasteiger partial charge in [0.1, 0.15) is 0 Å². The highest BCUT2D eigenvalue weighted by Crippen LogP contribution is 2.26. The minimum absolute atomic E-state index is 0.0332. The van der Waals surface area contributed by atoms with Crippen molar-refractivity contribution in [2.24, 2.45) is 0 Å². The number of halogens is 1. The van der Waals surface area contributed by atoms with E-state index >= 15 is 0 Å². The molecule has 1 heterocycles. The third-order valence-electron chi connectivity index (χ3n) is 2.50. The van der Waals surface area contributed by atoms with Crippen LogP contribution in [0.5, 0.6) is 0 Å². The van der Waals surface area contributed by atoms with E-state index in [1.54, 1.807) is 11.3 Å². The maximum atomic E-state index is 13.4. The van der Waals surface area contributed by atoms with E-state index in [-0.39, 0.29) is 6.04 Å². The molecule has 0 aliphatic heterocycles. The van der Waals surface area contributed by atoms with Gasteiger partial charge >= 0.3 is 5.69 Å². The lowest BCUT2D eigenvalue weighted by Crippen LogP contribution is -2.05. The molecular weight excluding hydrogens is 255 g/mol. The van der Waals surface area contributed by atoms with Crippen LogP contribution in [0, 0.1) is 15.9 Å². The van der Waals surface area contributed by atoms with Crippen molar-refractivity contribution >= 4 is 22.7 Å². The molecule has 94 valence electrons. The van der Waals surface area contributed by atoms with Crippen molar-refractivity contribution in [2.45, 2.75) is 13.0 Å². The van der Waals surface area contributed by atoms with E-state index in [0.717, 1.165) is 10.9 Å². The normalized spacial score (nSPS) is 12.1. The zero-order chi connectivity index (χ0) is 13.1. The zero-order valence-corrected chi connectivity index (χ0v) is 10.4. The molecule has 0 bridgehead atoms. The molecule has 2 rings (SSSR count). The predicted octanol–water partition coefficient (Wildman–Crippen LogP) is 3.97. The average molecular weight is 266 g/mol. The standard InChI is InChI=1S/C12H11FN2O2S/c1-8(12-3-2-6-18-12)14-9-4-5-11(15(16)17)10(13)7-9/h2-8,14H,1H3. The number of thiophene rings is 1. The van der Waals surface area contributed by atoms with Gasteiger partial charge in [-0.2, -0.15) is 4.39 Å². The van der Waals surface area contributed by atoms with Gasteiger partial charge in [-0.05, 0) is 24.4 Å². The molecule has 1 aromatic carbocycles. The van der Waals surface area contributed by atoms with E-state index < -0.39 is 16.4 Å². The summed E-state index contributed by atoms with van der Waals surface area (Å²) < 4.78 is 13.4. The maximum absolute atomic E-state index is 13.4. The molecule has 1 unspecified atom stereocenters. The Morgan fingerprint density at radius 2 is 2.22 bits per heavy atom. The van der Waals surface area contributed by atoms with Gasteiger partial charge in [-0.25, -0.2) is 0 Å². The number of anilines is 1. The lowest BCUT2D eigenvalue weighted by molar-refractivity contribution is -0.387. The Balaban J connectivity index is 2.15. The molecule has 1 aromatic heterocycles. The molecule has 0 saturated heterocycles. The summed E-state index contributed by atoms with van der Waals surface area (Å²) in [6.45, 7) is 1.95. The first kappa shape index (κ1) is 12.5. The Morgan fingerprint density at radius 1 is 1.44 bits per heavy atom. The highest BCUT2D eigenvalue weighted by atomic mass is 32.1. The molecular formula is C12H11FN2O2S. The van der Waals surface area contributed by atoms with Crippen molar-refractivity contribution in [1.82, 2.24) is 0 Å². The van der Waals surface area contributed by atoms with Gasteiger partial charge in [0.2, 0.25) is 5.82 Å². The Hall–Kier alpha value is -1.95. The van der Waals surface area contributed by atoms with E-state index in [4.69, 9.17) is 0 Å². The number of nitrogens with zero attached hydrogens (tertiary/aromatic N) is 1. The van der Waals surface area contributed by atoms with Crippen LogP contribution in [0.3, 0.4) is 0 Å². The Morgan fingerprint density at radius 3 is 2.78 bits per heavy atom. The predicted molar refractivity (Wildman–Crippen MR) is 69.4 cm³/mol. The van der Waals surface area contributed by atoms with Crippen LogP contribution in [-0.2, 0) is 0 Å². The van der Waals surface area contributed by atoms with Crippen LogP contribution in [-0.4, -0.2) is 4.92 Å². The Labute approximate surface area is 107 Å². The van der Waals surface area contributed by atoms with Crippen molar-refractivity contribution in [1.29, 1.82) is 0 Å². The number of hydrogen-bond acceptors (Lipinski definition) is 4. The van der Waals surface area contributed by atoms with Crippen LogP contribution in [0.15, 0.2) is 35.7 Å².